The molecule has 180 valence electrons. The second-order valence-corrected chi connectivity index (χ2v) is 8.36. The summed E-state index contributed by atoms with van der Waals surface area (Å²) in [5, 5.41) is 10.3. The number of nitrogens with one attached hydrogen (secondary N) is 1. The highest BCUT2D eigenvalue weighted by molar-refractivity contribution is 5.89. The number of para-hydroxylation sites is 1. The number of aromatic amines is 1. The van der Waals surface area contributed by atoms with E-state index in [9.17, 15) is 10.1 Å². The molecule has 0 saturated carbocycles. The molecule has 0 atom stereocenters. The Morgan fingerprint density at radius 2 is 1.43 bits per heavy atom. The molecule has 5 rings (SSSR count). The summed E-state index contributed by atoms with van der Waals surface area (Å²) < 4.78 is 12.2. The van der Waals surface area contributed by atoms with E-state index < -0.39 is 0 Å². The third-order valence-electron chi connectivity index (χ3n) is 5.74. The minimum atomic E-state index is -0.293. The van der Waals surface area contributed by atoms with Gasteiger partial charge in [0.05, 0.1) is 16.5 Å². The molecule has 0 radical (unpaired) electrons. The van der Waals surface area contributed by atoms with Crippen molar-refractivity contribution in [1.82, 2.24) is 9.97 Å². The second kappa shape index (κ2) is 11.1. The normalized spacial score (nSPS) is 11.2. The minimum absolute atomic E-state index is 0.211. The summed E-state index contributed by atoms with van der Waals surface area (Å²) in [7, 11) is 0. The van der Waals surface area contributed by atoms with Crippen molar-refractivity contribution < 1.29 is 9.47 Å². The number of benzene rings is 4. The van der Waals surface area contributed by atoms with Gasteiger partial charge < -0.3 is 14.5 Å². The van der Waals surface area contributed by atoms with Gasteiger partial charge in [-0.15, -0.1) is 0 Å². The third-order valence-corrected chi connectivity index (χ3v) is 5.74. The lowest BCUT2D eigenvalue weighted by molar-refractivity contribution is 0.256. The predicted molar refractivity (Wildman–Crippen MR) is 144 cm³/mol. The van der Waals surface area contributed by atoms with Gasteiger partial charge in [-0.25, -0.2) is 4.98 Å². The van der Waals surface area contributed by atoms with Crippen molar-refractivity contribution in [3.63, 3.8) is 0 Å². The number of hydrogen-bond donors (Lipinski definition) is 1. The smallest absolute Gasteiger partial charge is 0.259 e. The van der Waals surface area contributed by atoms with E-state index in [0.717, 1.165) is 11.1 Å². The number of ether oxygens (including phenoxy) is 2. The number of hydrogen-bond acceptors (Lipinski definition) is 5. The molecule has 0 amide bonds. The molecule has 6 heteroatoms. The summed E-state index contributed by atoms with van der Waals surface area (Å²) in [6, 6.07) is 34.4. The number of aromatic nitrogens is 2. The van der Waals surface area contributed by atoms with Gasteiger partial charge in [0.1, 0.15) is 19.3 Å². The summed E-state index contributed by atoms with van der Waals surface area (Å²) in [5.41, 5.74) is 3.24. The van der Waals surface area contributed by atoms with Gasteiger partial charge in [0.15, 0.2) is 17.3 Å². The number of nitriles is 1. The molecule has 0 bridgehead atoms. The number of fused-ring (bicyclic) bond motifs is 1. The van der Waals surface area contributed by atoms with Crippen LogP contribution in [0.15, 0.2) is 108 Å². The van der Waals surface area contributed by atoms with Gasteiger partial charge in [-0.1, -0.05) is 78.9 Å². The Kier molecular flexibility index (Phi) is 7.05. The number of rotatable bonds is 8. The van der Waals surface area contributed by atoms with Crippen LogP contribution in [0.1, 0.15) is 22.5 Å². The maximum absolute atomic E-state index is 12.5. The molecule has 0 aliphatic carbocycles. The zero-order chi connectivity index (χ0) is 25.5. The van der Waals surface area contributed by atoms with Gasteiger partial charge in [0.2, 0.25) is 0 Å². The summed E-state index contributed by atoms with van der Waals surface area (Å²) >= 11 is 0. The highest BCUT2D eigenvalue weighted by Gasteiger charge is 2.11. The number of nitrogens with zero attached hydrogens (tertiary/aromatic N) is 2. The summed E-state index contributed by atoms with van der Waals surface area (Å²) in [6.45, 7) is 0.754. The zero-order valence-corrected chi connectivity index (χ0v) is 19.9. The van der Waals surface area contributed by atoms with Crippen molar-refractivity contribution in [3.8, 4) is 17.6 Å². The highest BCUT2D eigenvalue weighted by Crippen LogP contribution is 2.31. The Labute approximate surface area is 214 Å². The lowest BCUT2D eigenvalue weighted by Gasteiger charge is -2.14. The molecule has 0 aliphatic heterocycles. The average molecular weight is 486 g/mol. The molecule has 0 aliphatic rings. The molecule has 1 N–H and O–H groups in total. The van der Waals surface area contributed by atoms with Gasteiger partial charge in [-0.3, -0.25) is 4.79 Å². The number of allylic oxidation sites excluding steroid dienone is 1. The van der Waals surface area contributed by atoms with Crippen LogP contribution in [0.5, 0.6) is 11.5 Å². The minimum Gasteiger partial charge on any atom is -0.485 e. The Morgan fingerprint density at radius 1 is 0.811 bits per heavy atom. The SMILES string of the molecule is N#C/C(=C\c1ccc(OCc2ccccc2)c(OCc2ccccc2)c1)c1nc2ccccc2c(=O)[nH]1. The molecule has 0 unspecified atom stereocenters. The summed E-state index contributed by atoms with van der Waals surface area (Å²) in [4.78, 5) is 19.7. The molecule has 5 aromatic rings. The topological polar surface area (TPSA) is 88.0 Å². The molecule has 4 aromatic carbocycles. The first-order chi connectivity index (χ1) is 18.2. The molecule has 6 nitrogen and oxygen atoms in total. The Bertz CT molecular complexity index is 1650. The first kappa shape index (κ1) is 23.6. The maximum atomic E-state index is 12.5. The second-order valence-electron chi connectivity index (χ2n) is 8.36. The van der Waals surface area contributed by atoms with Gasteiger partial charge in [-0.05, 0) is 47.0 Å². The van der Waals surface area contributed by atoms with Crippen molar-refractivity contribution in [3.05, 3.63) is 136 Å². The summed E-state index contributed by atoms with van der Waals surface area (Å²) in [5.74, 6) is 1.35. The Hall–Kier alpha value is -5.15. The summed E-state index contributed by atoms with van der Waals surface area (Å²) in [6.07, 6.45) is 1.67. The van der Waals surface area contributed by atoms with Gasteiger partial charge in [-0.2, -0.15) is 5.26 Å². The zero-order valence-electron chi connectivity index (χ0n) is 19.9. The molecule has 1 aromatic heterocycles. The van der Waals surface area contributed by atoms with Crippen molar-refractivity contribution in [1.29, 1.82) is 5.26 Å². The lowest BCUT2D eigenvalue weighted by atomic mass is 10.1. The average Bonchev–Trinajstić information content (AvgIpc) is 2.95. The first-order valence-corrected chi connectivity index (χ1v) is 11.8. The van der Waals surface area contributed by atoms with Crippen LogP contribution in [0.2, 0.25) is 0 Å². The van der Waals surface area contributed by atoms with E-state index in [0.29, 0.717) is 41.2 Å². The standard InChI is InChI=1S/C31H23N3O3/c32-19-25(30-33-27-14-8-7-13-26(27)31(35)34-30)17-24-15-16-28(36-20-22-9-3-1-4-10-22)29(18-24)37-21-23-11-5-2-6-12-23/h1-18H,20-21H2,(H,33,34,35)/b25-17+. The van der Waals surface area contributed by atoms with Crippen molar-refractivity contribution in [2.75, 3.05) is 0 Å². The van der Waals surface area contributed by atoms with Crippen LogP contribution >= 0.6 is 0 Å². The van der Waals surface area contributed by atoms with Crippen LogP contribution in [0.25, 0.3) is 22.6 Å². The fourth-order valence-electron chi connectivity index (χ4n) is 3.85. The molecule has 0 fully saturated rings. The van der Waals surface area contributed by atoms with E-state index in [2.05, 4.69) is 16.0 Å². The molecule has 1 heterocycles. The van der Waals surface area contributed by atoms with E-state index in [4.69, 9.17) is 9.47 Å². The Balaban J connectivity index is 1.47. The molecule has 0 saturated heterocycles. The largest absolute Gasteiger partial charge is 0.485 e. The van der Waals surface area contributed by atoms with Gasteiger partial charge in [0, 0.05) is 0 Å². The van der Waals surface area contributed by atoms with Gasteiger partial charge in [0.25, 0.3) is 5.56 Å². The van der Waals surface area contributed by atoms with E-state index in [1.165, 1.54) is 0 Å². The van der Waals surface area contributed by atoms with Crippen LogP contribution in [0, 0.1) is 11.3 Å². The van der Waals surface area contributed by atoms with E-state index >= 15 is 0 Å². The van der Waals surface area contributed by atoms with Crippen molar-refractivity contribution in [2.24, 2.45) is 0 Å². The van der Waals surface area contributed by atoms with Crippen molar-refractivity contribution in [2.45, 2.75) is 13.2 Å². The monoisotopic (exact) mass is 485 g/mol. The van der Waals surface area contributed by atoms with Crippen LogP contribution in [0.3, 0.4) is 0 Å². The van der Waals surface area contributed by atoms with Crippen LogP contribution in [-0.2, 0) is 13.2 Å². The van der Waals surface area contributed by atoms with E-state index in [1.807, 2.05) is 78.9 Å². The van der Waals surface area contributed by atoms with Crippen molar-refractivity contribution >= 4 is 22.6 Å². The first-order valence-electron chi connectivity index (χ1n) is 11.8. The maximum Gasteiger partial charge on any atom is 0.259 e. The predicted octanol–water partition coefficient (Wildman–Crippen LogP) is 6.15. The van der Waals surface area contributed by atoms with Gasteiger partial charge >= 0.3 is 0 Å². The molecule has 0 spiro atoms. The van der Waals surface area contributed by atoms with Crippen LogP contribution in [0.4, 0.5) is 0 Å². The fourth-order valence-corrected chi connectivity index (χ4v) is 3.85. The lowest BCUT2D eigenvalue weighted by Crippen LogP contribution is -2.11. The van der Waals surface area contributed by atoms with Crippen LogP contribution in [-0.4, -0.2) is 9.97 Å². The number of H-pyrrole nitrogens is 1. The quantitative estimate of drug-likeness (QED) is 0.267. The third kappa shape index (κ3) is 5.75. The fraction of sp³-hybridized carbons (Fsp3) is 0.0645. The molecular formula is C31H23N3O3. The van der Waals surface area contributed by atoms with E-state index in [1.54, 1.807) is 30.3 Å². The van der Waals surface area contributed by atoms with Crippen LogP contribution < -0.4 is 15.0 Å². The van der Waals surface area contributed by atoms with E-state index in [-0.39, 0.29) is 17.0 Å². The molecular weight excluding hydrogens is 462 g/mol. The highest BCUT2D eigenvalue weighted by atomic mass is 16.5. The molecule has 37 heavy (non-hydrogen) atoms. The Morgan fingerprint density at radius 3 is 2.11 bits per heavy atom.